The van der Waals surface area contributed by atoms with Crippen LogP contribution in [-0.4, -0.2) is 23.8 Å². The van der Waals surface area contributed by atoms with Gasteiger partial charge in [0.2, 0.25) is 0 Å². The zero-order valence-electron chi connectivity index (χ0n) is 16.6. The highest BCUT2D eigenvalue weighted by Gasteiger charge is 2.31. The molecule has 1 aromatic heterocycles. The molecule has 0 bridgehead atoms. The van der Waals surface area contributed by atoms with Gasteiger partial charge in [0, 0.05) is 17.0 Å². The Balaban J connectivity index is 1.87. The Morgan fingerprint density at radius 2 is 2.11 bits per heavy atom. The second-order valence-electron chi connectivity index (χ2n) is 7.12. The lowest BCUT2D eigenvalue weighted by molar-refractivity contribution is 0.00124. The van der Waals surface area contributed by atoms with Crippen LogP contribution in [0.2, 0.25) is 0 Å². The number of hydrogen-bond donors (Lipinski definition) is 2. The highest BCUT2D eigenvalue weighted by molar-refractivity contribution is 7.80. The zero-order valence-corrected chi connectivity index (χ0v) is 18.3. The van der Waals surface area contributed by atoms with E-state index >= 15 is 0 Å². The van der Waals surface area contributed by atoms with Crippen molar-refractivity contribution in [1.29, 1.82) is 0 Å². The molecule has 0 aliphatic carbocycles. The Morgan fingerprint density at radius 1 is 1.36 bits per heavy atom. The number of hydrogen-bond acceptors (Lipinski definition) is 5. The van der Waals surface area contributed by atoms with Crippen LogP contribution in [0.5, 0.6) is 0 Å². The van der Waals surface area contributed by atoms with Crippen molar-refractivity contribution in [3.63, 3.8) is 0 Å². The summed E-state index contributed by atoms with van der Waals surface area (Å²) >= 11 is 7.00. The highest BCUT2D eigenvalue weighted by atomic mass is 32.1. The molecular formula is C21H26N2O3S2. The van der Waals surface area contributed by atoms with E-state index in [1.807, 2.05) is 38.1 Å². The fourth-order valence-electron chi connectivity index (χ4n) is 3.19. The van der Waals surface area contributed by atoms with Gasteiger partial charge in [-0.15, -0.1) is 11.3 Å². The minimum Gasteiger partial charge on any atom is -0.462 e. The first-order valence-electron chi connectivity index (χ1n) is 9.47. The van der Waals surface area contributed by atoms with Crippen LogP contribution in [0, 0.1) is 12.8 Å². The van der Waals surface area contributed by atoms with E-state index < -0.39 is 0 Å². The molecule has 0 spiro atoms. The van der Waals surface area contributed by atoms with Crippen molar-refractivity contribution in [3.05, 3.63) is 45.8 Å². The minimum atomic E-state index is -0.314. The molecule has 3 rings (SSSR count). The van der Waals surface area contributed by atoms with Crippen molar-refractivity contribution in [2.45, 2.75) is 46.8 Å². The first-order valence-corrected chi connectivity index (χ1v) is 10.7. The standard InChI is InChI=1S/C21H26N2O3S2/c1-5-25-20(24)18-14-10-16(12(2)3)26-11-17(14)28-19(18)23-21(27)22-15-9-7-6-8-13(15)4/h6-9,12,16H,5,10-11H2,1-4H3,(H2,22,23,27)/t16-/m1/s1. The smallest absolute Gasteiger partial charge is 0.341 e. The average Bonchev–Trinajstić information content (AvgIpc) is 3.00. The monoisotopic (exact) mass is 418 g/mol. The number of nitrogens with one attached hydrogen (secondary N) is 2. The number of para-hydroxylation sites is 1. The average molecular weight is 419 g/mol. The summed E-state index contributed by atoms with van der Waals surface area (Å²) < 4.78 is 11.3. The molecule has 1 aliphatic heterocycles. The number of ether oxygens (including phenoxy) is 2. The van der Waals surface area contributed by atoms with Crippen LogP contribution in [-0.2, 0) is 22.5 Å². The van der Waals surface area contributed by atoms with E-state index in [9.17, 15) is 4.79 Å². The third-order valence-electron chi connectivity index (χ3n) is 4.77. The predicted molar refractivity (Wildman–Crippen MR) is 118 cm³/mol. The Bertz CT molecular complexity index is 877. The van der Waals surface area contributed by atoms with Crippen LogP contribution < -0.4 is 10.6 Å². The van der Waals surface area contributed by atoms with Crippen molar-refractivity contribution < 1.29 is 14.3 Å². The minimum absolute atomic E-state index is 0.0974. The number of esters is 1. The summed E-state index contributed by atoms with van der Waals surface area (Å²) in [6.45, 7) is 8.93. The molecular weight excluding hydrogens is 392 g/mol. The molecule has 150 valence electrons. The summed E-state index contributed by atoms with van der Waals surface area (Å²) in [6.07, 6.45) is 0.803. The Kier molecular flexibility index (Phi) is 6.69. The maximum absolute atomic E-state index is 12.7. The molecule has 0 fully saturated rings. The first kappa shape index (κ1) is 20.8. The molecule has 2 aromatic rings. The molecule has 1 aliphatic rings. The molecule has 0 saturated carbocycles. The van der Waals surface area contributed by atoms with Crippen LogP contribution in [0.1, 0.15) is 47.1 Å². The van der Waals surface area contributed by atoms with Gasteiger partial charge < -0.3 is 20.1 Å². The van der Waals surface area contributed by atoms with Gasteiger partial charge in [0.1, 0.15) is 5.00 Å². The predicted octanol–water partition coefficient (Wildman–Crippen LogP) is 5.14. The molecule has 0 amide bonds. The quantitative estimate of drug-likeness (QED) is 0.518. The fraction of sp³-hybridized carbons (Fsp3) is 0.429. The lowest BCUT2D eigenvalue weighted by Gasteiger charge is -2.26. The normalized spacial score (nSPS) is 15.8. The van der Waals surface area contributed by atoms with E-state index in [2.05, 4.69) is 24.5 Å². The van der Waals surface area contributed by atoms with Gasteiger partial charge in [-0.05, 0) is 49.2 Å². The number of rotatable bonds is 5. The van der Waals surface area contributed by atoms with Crippen molar-refractivity contribution in [3.8, 4) is 0 Å². The van der Waals surface area contributed by atoms with Crippen molar-refractivity contribution >= 4 is 45.3 Å². The SMILES string of the molecule is CCOC(=O)c1c(NC(=S)Nc2ccccc2C)sc2c1C[C@H](C(C)C)OC2. The maximum Gasteiger partial charge on any atom is 0.341 e. The van der Waals surface area contributed by atoms with Crippen molar-refractivity contribution in [1.82, 2.24) is 0 Å². The number of carbonyl (C=O) groups excluding carboxylic acids is 1. The molecule has 7 heteroatoms. The molecule has 5 nitrogen and oxygen atoms in total. The van der Waals surface area contributed by atoms with Crippen LogP contribution in [0.15, 0.2) is 24.3 Å². The molecule has 28 heavy (non-hydrogen) atoms. The third-order valence-corrected chi connectivity index (χ3v) is 6.09. The molecule has 2 heterocycles. The fourth-order valence-corrected chi connectivity index (χ4v) is 4.61. The van der Waals surface area contributed by atoms with Crippen LogP contribution in [0.3, 0.4) is 0 Å². The van der Waals surface area contributed by atoms with E-state index in [-0.39, 0.29) is 12.1 Å². The molecule has 0 unspecified atom stereocenters. The first-order chi connectivity index (χ1) is 13.4. The van der Waals surface area contributed by atoms with E-state index in [0.717, 1.165) is 21.7 Å². The summed E-state index contributed by atoms with van der Waals surface area (Å²) in [5.74, 6) is 0.0638. The van der Waals surface area contributed by atoms with E-state index in [1.165, 1.54) is 11.3 Å². The summed E-state index contributed by atoms with van der Waals surface area (Å²) in [5, 5.41) is 7.57. The van der Waals surface area contributed by atoms with Crippen LogP contribution >= 0.6 is 23.6 Å². The third kappa shape index (κ3) is 4.54. The van der Waals surface area contributed by atoms with Crippen molar-refractivity contribution in [2.75, 3.05) is 17.2 Å². The number of anilines is 2. The van der Waals surface area contributed by atoms with E-state index in [0.29, 0.717) is 41.2 Å². The Morgan fingerprint density at radius 3 is 2.79 bits per heavy atom. The second kappa shape index (κ2) is 9.03. The van der Waals surface area contributed by atoms with Gasteiger partial charge in [-0.2, -0.15) is 0 Å². The molecule has 0 saturated heterocycles. The van der Waals surface area contributed by atoms with Gasteiger partial charge in [0.25, 0.3) is 0 Å². The molecule has 2 N–H and O–H groups in total. The Hall–Kier alpha value is -1.96. The summed E-state index contributed by atoms with van der Waals surface area (Å²) in [7, 11) is 0. The van der Waals surface area contributed by atoms with Gasteiger partial charge in [0.05, 0.1) is 24.9 Å². The molecule has 1 aromatic carbocycles. The van der Waals surface area contributed by atoms with Gasteiger partial charge >= 0.3 is 5.97 Å². The molecule has 1 atom stereocenters. The van der Waals surface area contributed by atoms with Gasteiger partial charge in [-0.3, -0.25) is 0 Å². The second-order valence-corrected chi connectivity index (χ2v) is 8.63. The number of carbonyl (C=O) groups is 1. The lowest BCUT2D eigenvalue weighted by atomic mass is 9.94. The van der Waals surface area contributed by atoms with E-state index in [4.69, 9.17) is 21.7 Å². The zero-order chi connectivity index (χ0) is 20.3. The summed E-state index contributed by atoms with van der Waals surface area (Å²) in [4.78, 5) is 13.8. The summed E-state index contributed by atoms with van der Waals surface area (Å²) in [5.41, 5.74) is 3.64. The highest BCUT2D eigenvalue weighted by Crippen LogP contribution is 2.39. The van der Waals surface area contributed by atoms with Gasteiger partial charge in [-0.25, -0.2) is 4.79 Å². The lowest BCUT2D eigenvalue weighted by Crippen LogP contribution is -2.27. The molecule has 0 radical (unpaired) electrons. The van der Waals surface area contributed by atoms with Gasteiger partial charge in [0.15, 0.2) is 5.11 Å². The number of aryl methyl sites for hydroxylation is 1. The van der Waals surface area contributed by atoms with Crippen LogP contribution in [0.4, 0.5) is 10.7 Å². The topological polar surface area (TPSA) is 59.6 Å². The summed E-state index contributed by atoms with van der Waals surface area (Å²) in [6, 6.07) is 7.92. The number of thiocarbonyl (C=S) groups is 1. The van der Waals surface area contributed by atoms with Crippen molar-refractivity contribution in [2.24, 2.45) is 5.92 Å². The maximum atomic E-state index is 12.7. The van der Waals surface area contributed by atoms with Crippen LogP contribution in [0.25, 0.3) is 0 Å². The number of fused-ring (bicyclic) bond motifs is 1. The number of thiophene rings is 1. The van der Waals surface area contributed by atoms with Gasteiger partial charge in [-0.1, -0.05) is 32.0 Å². The van der Waals surface area contributed by atoms with E-state index in [1.54, 1.807) is 0 Å². The number of benzene rings is 1. The Labute approximate surface area is 175 Å². The largest absolute Gasteiger partial charge is 0.462 e.